The van der Waals surface area contributed by atoms with E-state index in [2.05, 4.69) is 13.0 Å². The lowest BCUT2D eigenvalue weighted by molar-refractivity contribution is -0.118. The molecule has 1 atom stereocenters. The van der Waals surface area contributed by atoms with Gasteiger partial charge in [0.1, 0.15) is 9.84 Å². The van der Waals surface area contributed by atoms with Gasteiger partial charge in [-0.25, -0.2) is 8.42 Å². The predicted octanol–water partition coefficient (Wildman–Crippen LogP) is 2.35. The van der Waals surface area contributed by atoms with Crippen LogP contribution < -0.4 is 4.90 Å². The first-order valence-electron chi connectivity index (χ1n) is 6.95. The Morgan fingerprint density at radius 2 is 2.05 bits per heavy atom. The molecule has 1 aromatic carbocycles. The van der Waals surface area contributed by atoms with Crippen molar-refractivity contribution in [3.8, 4) is 0 Å². The van der Waals surface area contributed by atoms with Crippen molar-refractivity contribution in [3.05, 3.63) is 29.8 Å². The lowest BCUT2D eigenvalue weighted by Gasteiger charge is -2.23. The molecule has 0 saturated heterocycles. The normalized spacial score (nSPS) is 19.3. The Bertz CT molecular complexity index is 595. The molecule has 0 radical (unpaired) electrons. The molecule has 1 aliphatic rings. The van der Waals surface area contributed by atoms with Gasteiger partial charge in [-0.3, -0.25) is 4.79 Å². The zero-order valence-electron chi connectivity index (χ0n) is 12.0. The van der Waals surface area contributed by atoms with Crippen LogP contribution >= 0.6 is 0 Å². The molecule has 1 aromatic rings. The molecule has 0 N–H and O–H groups in total. The largest absolute Gasteiger partial charge is 0.312 e. The molecule has 0 spiro atoms. The van der Waals surface area contributed by atoms with E-state index in [9.17, 15) is 13.2 Å². The van der Waals surface area contributed by atoms with Gasteiger partial charge in [0.05, 0.1) is 5.75 Å². The molecule has 0 aliphatic carbocycles. The van der Waals surface area contributed by atoms with Crippen molar-refractivity contribution in [2.75, 3.05) is 23.5 Å². The number of nitrogens with zero attached hydrogens (tertiary/aromatic N) is 1. The van der Waals surface area contributed by atoms with Crippen molar-refractivity contribution in [2.24, 2.45) is 0 Å². The highest BCUT2D eigenvalue weighted by molar-refractivity contribution is 7.90. The number of hydrogen-bond donors (Lipinski definition) is 0. The second-order valence-electron chi connectivity index (χ2n) is 5.53. The van der Waals surface area contributed by atoms with E-state index in [4.69, 9.17) is 0 Å². The average molecular weight is 295 g/mol. The zero-order valence-corrected chi connectivity index (χ0v) is 12.8. The smallest absolute Gasteiger partial charge is 0.228 e. The number of para-hydroxylation sites is 1. The highest BCUT2D eigenvalue weighted by atomic mass is 32.2. The van der Waals surface area contributed by atoms with E-state index >= 15 is 0 Å². The number of benzene rings is 1. The molecule has 4 nitrogen and oxygen atoms in total. The van der Waals surface area contributed by atoms with Crippen LogP contribution in [0.15, 0.2) is 24.3 Å². The molecule has 2 rings (SSSR count). The van der Waals surface area contributed by atoms with E-state index in [1.165, 1.54) is 11.8 Å². The second-order valence-corrected chi connectivity index (χ2v) is 7.79. The third kappa shape index (κ3) is 3.60. The number of anilines is 1. The summed E-state index contributed by atoms with van der Waals surface area (Å²) < 4.78 is 22.4. The van der Waals surface area contributed by atoms with Crippen molar-refractivity contribution >= 4 is 21.4 Å². The Morgan fingerprint density at radius 1 is 1.35 bits per heavy atom. The molecule has 1 unspecified atom stereocenters. The van der Waals surface area contributed by atoms with Crippen molar-refractivity contribution in [3.63, 3.8) is 0 Å². The minimum atomic E-state index is -3.10. The summed E-state index contributed by atoms with van der Waals surface area (Å²) in [7, 11) is -3.10. The molecule has 1 amide bonds. The van der Waals surface area contributed by atoms with Gasteiger partial charge in [-0.15, -0.1) is 0 Å². The third-order valence-corrected chi connectivity index (χ3v) is 4.71. The van der Waals surface area contributed by atoms with Gasteiger partial charge < -0.3 is 4.90 Å². The SMILES string of the molecule is CC1CCCN(C(=O)CCS(C)(=O)=O)c2ccccc21. The van der Waals surface area contributed by atoms with Crippen LogP contribution in [0, 0.1) is 0 Å². The van der Waals surface area contributed by atoms with E-state index < -0.39 is 9.84 Å². The van der Waals surface area contributed by atoms with E-state index in [0.717, 1.165) is 18.5 Å². The molecular formula is C15H21NO3S. The number of hydrogen-bond acceptors (Lipinski definition) is 3. The van der Waals surface area contributed by atoms with Crippen LogP contribution in [-0.4, -0.2) is 32.9 Å². The van der Waals surface area contributed by atoms with Gasteiger partial charge in [0.15, 0.2) is 0 Å². The summed E-state index contributed by atoms with van der Waals surface area (Å²) in [5, 5.41) is 0. The molecule has 0 bridgehead atoms. The van der Waals surface area contributed by atoms with Crippen LogP contribution in [-0.2, 0) is 14.6 Å². The van der Waals surface area contributed by atoms with E-state index in [0.29, 0.717) is 12.5 Å². The van der Waals surface area contributed by atoms with Crippen LogP contribution in [0.25, 0.3) is 0 Å². The highest BCUT2D eigenvalue weighted by Crippen LogP contribution is 2.34. The summed E-state index contributed by atoms with van der Waals surface area (Å²) in [6.45, 7) is 2.84. The van der Waals surface area contributed by atoms with E-state index in [1.54, 1.807) is 4.90 Å². The highest BCUT2D eigenvalue weighted by Gasteiger charge is 2.24. The molecule has 0 saturated carbocycles. The van der Waals surface area contributed by atoms with E-state index in [-0.39, 0.29) is 18.1 Å². The second kappa shape index (κ2) is 5.95. The Balaban J connectivity index is 2.23. The van der Waals surface area contributed by atoms with Gasteiger partial charge in [-0.05, 0) is 30.4 Å². The molecule has 20 heavy (non-hydrogen) atoms. The molecule has 1 aliphatic heterocycles. The number of rotatable bonds is 3. The fourth-order valence-electron chi connectivity index (χ4n) is 2.65. The van der Waals surface area contributed by atoms with Crippen molar-refractivity contribution in [1.29, 1.82) is 0 Å². The number of amides is 1. The molecular weight excluding hydrogens is 274 g/mol. The van der Waals surface area contributed by atoms with Crippen LogP contribution in [0.5, 0.6) is 0 Å². The Morgan fingerprint density at radius 3 is 2.75 bits per heavy atom. The topological polar surface area (TPSA) is 54.5 Å². The maximum atomic E-state index is 12.3. The van der Waals surface area contributed by atoms with Crippen LogP contribution in [0.4, 0.5) is 5.69 Å². The minimum Gasteiger partial charge on any atom is -0.312 e. The van der Waals surface area contributed by atoms with Gasteiger partial charge >= 0.3 is 0 Å². The van der Waals surface area contributed by atoms with Crippen molar-refractivity contribution in [1.82, 2.24) is 0 Å². The lowest BCUT2D eigenvalue weighted by Crippen LogP contribution is -2.32. The fourth-order valence-corrected chi connectivity index (χ4v) is 3.19. The summed E-state index contributed by atoms with van der Waals surface area (Å²) in [5.41, 5.74) is 2.12. The summed E-state index contributed by atoms with van der Waals surface area (Å²) in [6, 6.07) is 7.92. The fraction of sp³-hybridized carbons (Fsp3) is 0.533. The summed E-state index contributed by atoms with van der Waals surface area (Å²) in [5.74, 6) is 0.246. The number of carbonyl (C=O) groups excluding carboxylic acids is 1. The summed E-state index contributed by atoms with van der Waals surface area (Å²) >= 11 is 0. The van der Waals surface area contributed by atoms with E-state index in [1.807, 2.05) is 18.2 Å². The zero-order chi connectivity index (χ0) is 14.8. The lowest BCUT2D eigenvalue weighted by atomic mass is 9.96. The average Bonchev–Trinajstić information content (AvgIpc) is 2.55. The first-order chi connectivity index (χ1) is 9.38. The van der Waals surface area contributed by atoms with Crippen LogP contribution in [0.3, 0.4) is 0 Å². The number of sulfone groups is 1. The van der Waals surface area contributed by atoms with Gasteiger partial charge in [0.2, 0.25) is 5.91 Å². The molecule has 0 fully saturated rings. The van der Waals surface area contributed by atoms with Gasteiger partial charge in [0, 0.05) is 24.9 Å². The maximum Gasteiger partial charge on any atom is 0.228 e. The number of carbonyl (C=O) groups is 1. The van der Waals surface area contributed by atoms with Crippen LogP contribution in [0.1, 0.15) is 37.7 Å². The molecule has 5 heteroatoms. The molecule has 1 heterocycles. The summed E-state index contributed by atoms with van der Waals surface area (Å²) in [4.78, 5) is 14.1. The van der Waals surface area contributed by atoms with Crippen LogP contribution in [0.2, 0.25) is 0 Å². The van der Waals surface area contributed by atoms with Gasteiger partial charge in [0.25, 0.3) is 0 Å². The predicted molar refractivity (Wildman–Crippen MR) is 80.8 cm³/mol. The molecule has 0 aromatic heterocycles. The monoisotopic (exact) mass is 295 g/mol. The Kier molecular flexibility index (Phi) is 4.48. The van der Waals surface area contributed by atoms with Gasteiger partial charge in [-0.1, -0.05) is 25.1 Å². The van der Waals surface area contributed by atoms with Crippen molar-refractivity contribution < 1.29 is 13.2 Å². The quantitative estimate of drug-likeness (QED) is 0.860. The summed E-state index contributed by atoms with van der Waals surface area (Å²) in [6.07, 6.45) is 3.22. The Labute approximate surface area is 120 Å². The standard InChI is InChI=1S/C15H21NO3S/c1-12-6-5-10-16(14-8-4-3-7-13(12)14)15(17)9-11-20(2,18)19/h3-4,7-8,12H,5-6,9-11H2,1-2H3. The minimum absolute atomic E-state index is 0.0571. The third-order valence-electron chi connectivity index (χ3n) is 3.77. The molecule has 110 valence electrons. The number of fused-ring (bicyclic) bond motifs is 1. The Hall–Kier alpha value is -1.36. The maximum absolute atomic E-state index is 12.3. The first-order valence-corrected chi connectivity index (χ1v) is 9.01. The van der Waals surface area contributed by atoms with Gasteiger partial charge in [-0.2, -0.15) is 0 Å². The van der Waals surface area contributed by atoms with Crippen molar-refractivity contribution in [2.45, 2.75) is 32.1 Å². The first kappa shape index (κ1) is 15.0.